The van der Waals surface area contributed by atoms with Crippen LogP contribution in [0.5, 0.6) is 5.75 Å². The molecule has 1 amide bonds. The number of esters is 1. The Morgan fingerprint density at radius 3 is 2.45 bits per heavy atom. The van der Waals surface area contributed by atoms with Crippen LogP contribution in [0.25, 0.3) is 0 Å². The summed E-state index contributed by atoms with van der Waals surface area (Å²) in [5.41, 5.74) is 5.54. The highest BCUT2D eigenvalue weighted by Crippen LogP contribution is 2.15. The highest BCUT2D eigenvalue weighted by Gasteiger charge is 2.11. The largest absolute Gasteiger partial charge is 0.486 e. The molecule has 0 aliphatic carbocycles. The van der Waals surface area contributed by atoms with Gasteiger partial charge in [0.15, 0.2) is 0 Å². The maximum atomic E-state index is 11.2. The van der Waals surface area contributed by atoms with Gasteiger partial charge in [0.25, 0.3) is 0 Å². The van der Waals surface area contributed by atoms with Gasteiger partial charge in [-0.15, -0.1) is 0 Å². The molecule has 2 N–H and O–H groups in total. The van der Waals surface area contributed by atoms with E-state index in [1.54, 1.807) is 30.3 Å². The van der Waals surface area contributed by atoms with E-state index in [9.17, 15) is 9.59 Å². The van der Waals surface area contributed by atoms with Crippen LogP contribution in [0, 0.1) is 0 Å². The van der Waals surface area contributed by atoms with Gasteiger partial charge in [0.1, 0.15) is 18.1 Å². The summed E-state index contributed by atoms with van der Waals surface area (Å²) in [6.07, 6.45) is 0. The first-order valence-electron chi connectivity index (χ1n) is 5.80. The van der Waals surface area contributed by atoms with Gasteiger partial charge in [-0.05, 0) is 36.4 Å². The van der Waals surface area contributed by atoms with Gasteiger partial charge in [-0.2, -0.15) is 0 Å². The molecule has 1 aromatic carbocycles. The van der Waals surface area contributed by atoms with Crippen molar-refractivity contribution in [3.05, 3.63) is 53.5 Å². The van der Waals surface area contributed by atoms with Crippen LogP contribution in [0.2, 0.25) is 0 Å². The third kappa shape index (κ3) is 3.17. The van der Waals surface area contributed by atoms with Crippen molar-refractivity contribution >= 4 is 11.9 Å². The number of hydrogen-bond acceptors (Lipinski definition) is 5. The zero-order valence-electron chi connectivity index (χ0n) is 10.8. The third-order valence-electron chi connectivity index (χ3n) is 2.57. The quantitative estimate of drug-likeness (QED) is 0.839. The lowest BCUT2D eigenvalue weighted by Crippen LogP contribution is -2.10. The maximum absolute atomic E-state index is 11.2. The molecule has 20 heavy (non-hydrogen) atoms. The fraction of sp³-hybridized carbons (Fsp3) is 0.143. The minimum absolute atomic E-state index is 0.121. The fourth-order valence-electron chi connectivity index (χ4n) is 1.54. The van der Waals surface area contributed by atoms with E-state index in [-0.39, 0.29) is 12.4 Å². The van der Waals surface area contributed by atoms with Crippen molar-refractivity contribution in [2.45, 2.75) is 6.61 Å². The Labute approximate surface area is 115 Å². The predicted molar refractivity (Wildman–Crippen MR) is 69.3 cm³/mol. The van der Waals surface area contributed by atoms with Crippen molar-refractivity contribution in [3.63, 3.8) is 0 Å². The average Bonchev–Trinajstić information content (AvgIpc) is 2.93. The van der Waals surface area contributed by atoms with Crippen molar-refractivity contribution in [2.24, 2.45) is 5.73 Å². The molecule has 0 bridgehead atoms. The van der Waals surface area contributed by atoms with Crippen LogP contribution < -0.4 is 10.5 Å². The summed E-state index contributed by atoms with van der Waals surface area (Å²) < 4.78 is 15.2. The lowest BCUT2D eigenvalue weighted by atomic mass is 10.2. The molecule has 0 spiro atoms. The van der Waals surface area contributed by atoms with Crippen molar-refractivity contribution in [1.82, 2.24) is 0 Å². The molecule has 6 nitrogen and oxygen atoms in total. The molecule has 2 rings (SSSR count). The second kappa shape index (κ2) is 5.92. The first-order chi connectivity index (χ1) is 9.60. The number of ether oxygens (including phenoxy) is 2. The Morgan fingerprint density at radius 1 is 1.15 bits per heavy atom. The van der Waals surface area contributed by atoms with E-state index in [2.05, 4.69) is 4.74 Å². The van der Waals surface area contributed by atoms with Crippen LogP contribution in [0.3, 0.4) is 0 Å². The highest BCUT2D eigenvalue weighted by molar-refractivity contribution is 5.92. The Morgan fingerprint density at radius 2 is 1.85 bits per heavy atom. The number of nitrogens with two attached hydrogens (primary N) is 1. The number of amides is 1. The number of furan rings is 1. The van der Waals surface area contributed by atoms with Crippen molar-refractivity contribution < 1.29 is 23.5 Å². The van der Waals surface area contributed by atoms with E-state index in [1.807, 2.05) is 0 Å². The molecule has 0 atom stereocenters. The van der Waals surface area contributed by atoms with Gasteiger partial charge in [0.05, 0.1) is 7.11 Å². The van der Waals surface area contributed by atoms with Crippen LogP contribution >= 0.6 is 0 Å². The number of rotatable bonds is 5. The lowest BCUT2D eigenvalue weighted by molar-refractivity contribution is 0.0561. The number of carbonyl (C=O) groups excluding carboxylic acids is 2. The fourth-order valence-corrected chi connectivity index (χ4v) is 1.54. The number of hydrogen-bond donors (Lipinski definition) is 1. The van der Waals surface area contributed by atoms with Gasteiger partial charge in [-0.1, -0.05) is 0 Å². The number of primary amides is 1. The van der Waals surface area contributed by atoms with E-state index < -0.39 is 11.9 Å². The summed E-state index contributed by atoms with van der Waals surface area (Å²) in [7, 11) is 1.28. The number of benzene rings is 1. The molecule has 6 heteroatoms. The SMILES string of the molecule is COC(=O)c1ccc(COc2ccc(C(N)=O)cc2)o1. The molecule has 0 radical (unpaired) electrons. The predicted octanol–water partition coefficient (Wildman–Crippen LogP) is 1.74. The molecule has 0 unspecified atom stereocenters. The molecular formula is C14H13NO5. The van der Waals surface area contributed by atoms with Gasteiger partial charge in [-0.25, -0.2) is 4.79 Å². The lowest BCUT2D eigenvalue weighted by Gasteiger charge is -2.04. The summed E-state index contributed by atoms with van der Waals surface area (Å²) in [6, 6.07) is 9.54. The van der Waals surface area contributed by atoms with Crippen LogP contribution in [-0.4, -0.2) is 19.0 Å². The molecule has 0 aliphatic rings. The molecule has 1 heterocycles. The minimum atomic E-state index is -0.540. The second-order valence-electron chi connectivity index (χ2n) is 3.93. The number of methoxy groups -OCH3 is 1. The number of carbonyl (C=O) groups is 2. The Bertz CT molecular complexity index is 615. The normalized spacial score (nSPS) is 10.1. The van der Waals surface area contributed by atoms with Gasteiger partial charge >= 0.3 is 5.97 Å². The van der Waals surface area contributed by atoms with Crippen LogP contribution in [-0.2, 0) is 11.3 Å². The first-order valence-corrected chi connectivity index (χ1v) is 5.80. The molecular weight excluding hydrogens is 262 g/mol. The van der Waals surface area contributed by atoms with Gasteiger partial charge in [0, 0.05) is 5.56 Å². The zero-order valence-corrected chi connectivity index (χ0v) is 10.8. The summed E-state index contributed by atoms with van der Waals surface area (Å²) in [6.45, 7) is 0.160. The van der Waals surface area contributed by atoms with E-state index in [4.69, 9.17) is 14.9 Å². The maximum Gasteiger partial charge on any atom is 0.373 e. The van der Waals surface area contributed by atoms with E-state index in [1.165, 1.54) is 13.2 Å². The van der Waals surface area contributed by atoms with Crippen LogP contribution in [0.4, 0.5) is 0 Å². The molecule has 0 aliphatic heterocycles. The Kier molecular flexibility index (Phi) is 4.05. The smallest absolute Gasteiger partial charge is 0.373 e. The van der Waals surface area contributed by atoms with Crippen LogP contribution in [0.15, 0.2) is 40.8 Å². The Balaban J connectivity index is 1.96. The van der Waals surface area contributed by atoms with Gasteiger partial charge in [-0.3, -0.25) is 4.79 Å². The topological polar surface area (TPSA) is 91.8 Å². The summed E-state index contributed by atoms with van der Waals surface area (Å²) in [4.78, 5) is 22.1. The summed E-state index contributed by atoms with van der Waals surface area (Å²) >= 11 is 0. The summed E-state index contributed by atoms with van der Waals surface area (Å²) in [5.74, 6) is 0.137. The molecule has 2 aromatic rings. The van der Waals surface area contributed by atoms with Crippen LogP contribution in [0.1, 0.15) is 26.7 Å². The van der Waals surface area contributed by atoms with Crippen molar-refractivity contribution in [1.29, 1.82) is 0 Å². The van der Waals surface area contributed by atoms with E-state index >= 15 is 0 Å². The highest BCUT2D eigenvalue weighted by atomic mass is 16.5. The first kappa shape index (κ1) is 13.7. The zero-order chi connectivity index (χ0) is 14.5. The van der Waals surface area contributed by atoms with E-state index in [0.717, 1.165) is 0 Å². The van der Waals surface area contributed by atoms with Crippen molar-refractivity contribution in [3.8, 4) is 5.75 Å². The van der Waals surface area contributed by atoms with Gasteiger partial charge in [0.2, 0.25) is 11.7 Å². The molecule has 0 fully saturated rings. The molecule has 0 saturated heterocycles. The van der Waals surface area contributed by atoms with Crippen molar-refractivity contribution in [2.75, 3.05) is 7.11 Å². The molecule has 0 saturated carbocycles. The Hall–Kier alpha value is -2.76. The third-order valence-corrected chi connectivity index (χ3v) is 2.57. The molecule has 1 aromatic heterocycles. The summed E-state index contributed by atoms with van der Waals surface area (Å²) in [5, 5.41) is 0. The standard InChI is InChI=1S/C14H13NO5/c1-18-14(17)12-7-6-11(20-12)8-19-10-4-2-9(3-5-10)13(15)16/h2-7H,8H2,1H3,(H2,15,16). The molecule has 104 valence electrons. The van der Waals surface area contributed by atoms with E-state index in [0.29, 0.717) is 17.1 Å². The minimum Gasteiger partial charge on any atom is -0.486 e. The average molecular weight is 275 g/mol. The second-order valence-corrected chi connectivity index (χ2v) is 3.93. The van der Waals surface area contributed by atoms with Gasteiger partial charge < -0.3 is 19.6 Å². The monoisotopic (exact) mass is 275 g/mol.